The monoisotopic (exact) mass is 433 g/mol. The van der Waals surface area contributed by atoms with Crippen LogP contribution in [-0.2, 0) is 15.4 Å². The van der Waals surface area contributed by atoms with Gasteiger partial charge in [-0.05, 0) is 64.1 Å². The molecule has 4 rings (SSSR count). The van der Waals surface area contributed by atoms with Crippen LogP contribution in [0.2, 0.25) is 0 Å². The maximum atomic E-state index is 13.3. The van der Waals surface area contributed by atoms with Gasteiger partial charge < -0.3 is 9.80 Å². The van der Waals surface area contributed by atoms with Gasteiger partial charge >= 0.3 is 6.03 Å². The first-order valence-electron chi connectivity index (χ1n) is 11.1. The third kappa shape index (κ3) is 4.11. The highest BCUT2D eigenvalue weighted by atomic mass is 32.2. The highest BCUT2D eigenvalue weighted by Crippen LogP contribution is 2.49. The normalized spacial score (nSPS) is 29.9. The Hall–Kier alpha value is -1.60. The van der Waals surface area contributed by atoms with E-state index in [4.69, 9.17) is 0 Å². The number of carbonyl (C=O) groups is 1. The molecule has 0 aromatic heterocycles. The van der Waals surface area contributed by atoms with Crippen molar-refractivity contribution in [2.75, 3.05) is 45.7 Å². The summed E-state index contributed by atoms with van der Waals surface area (Å²) in [5.41, 5.74) is 1.17. The van der Waals surface area contributed by atoms with E-state index >= 15 is 0 Å². The molecule has 0 atom stereocenters. The molecule has 2 aliphatic carbocycles. The van der Waals surface area contributed by atoms with Crippen LogP contribution >= 0.6 is 0 Å². The lowest BCUT2D eigenvalue weighted by molar-refractivity contribution is 0.0234. The molecule has 2 saturated carbocycles. The largest absolute Gasteiger partial charge is 0.321 e. The maximum Gasteiger partial charge on any atom is 0.320 e. The van der Waals surface area contributed by atoms with Crippen molar-refractivity contribution >= 4 is 15.9 Å². The first-order valence-corrected chi connectivity index (χ1v) is 13.2. The molecule has 1 heterocycles. The standard InChI is InChI=1S/C23H35N3O3S/c1-24(2)23(20-7-5-4-6-8-20)13-11-22(12-14-23)18-25(15-16-30(3,28)29)21(27)26(22)17-19-9-10-19/h4-8,19H,9-18H2,1-3H3/t22-,23-. The van der Waals surface area contributed by atoms with E-state index in [2.05, 4.69) is 54.2 Å². The predicted molar refractivity (Wildman–Crippen MR) is 119 cm³/mol. The second-order valence-corrected chi connectivity index (χ2v) is 12.2. The molecule has 1 aromatic rings. The van der Waals surface area contributed by atoms with Crippen LogP contribution in [0.25, 0.3) is 0 Å². The van der Waals surface area contributed by atoms with Gasteiger partial charge in [-0.3, -0.25) is 4.90 Å². The highest BCUT2D eigenvalue weighted by Gasteiger charge is 2.55. The number of benzene rings is 1. The van der Waals surface area contributed by atoms with Crippen molar-refractivity contribution in [3.63, 3.8) is 0 Å². The molecule has 3 aliphatic rings. The fourth-order valence-electron chi connectivity index (χ4n) is 5.46. The van der Waals surface area contributed by atoms with Crippen LogP contribution in [0.3, 0.4) is 0 Å². The minimum atomic E-state index is -3.09. The van der Waals surface area contributed by atoms with Crippen molar-refractivity contribution in [1.82, 2.24) is 14.7 Å². The minimum Gasteiger partial charge on any atom is -0.321 e. The second-order valence-electron chi connectivity index (χ2n) is 9.90. The summed E-state index contributed by atoms with van der Waals surface area (Å²) in [5, 5.41) is 0. The van der Waals surface area contributed by atoms with Crippen molar-refractivity contribution < 1.29 is 13.2 Å². The van der Waals surface area contributed by atoms with Crippen molar-refractivity contribution in [2.24, 2.45) is 5.92 Å². The summed E-state index contributed by atoms with van der Waals surface area (Å²) in [7, 11) is 1.23. The summed E-state index contributed by atoms with van der Waals surface area (Å²) in [6.45, 7) is 1.79. The van der Waals surface area contributed by atoms with Crippen LogP contribution in [0.15, 0.2) is 30.3 Å². The Bertz CT molecular complexity index is 872. The van der Waals surface area contributed by atoms with E-state index in [-0.39, 0.29) is 22.9 Å². The number of hydrogen-bond acceptors (Lipinski definition) is 4. The molecule has 30 heavy (non-hydrogen) atoms. The molecule has 2 amide bonds. The molecule has 0 unspecified atom stereocenters. The molecule has 0 radical (unpaired) electrons. The summed E-state index contributed by atoms with van der Waals surface area (Å²) >= 11 is 0. The van der Waals surface area contributed by atoms with E-state index in [1.54, 1.807) is 4.90 Å². The fourth-order valence-corrected chi connectivity index (χ4v) is 6.01. The maximum absolute atomic E-state index is 13.3. The molecular weight excluding hydrogens is 398 g/mol. The Labute approximate surface area is 181 Å². The van der Waals surface area contributed by atoms with Crippen molar-refractivity contribution in [1.29, 1.82) is 0 Å². The van der Waals surface area contributed by atoms with Crippen molar-refractivity contribution in [3.8, 4) is 0 Å². The first-order chi connectivity index (χ1) is 14.2. The van der Waals surface area contributed by atoms with Crippen LogP contribution in [0.1, 0.15) is 44.1 Å². The van der Waals surface area contributed by atoms with Gasteiger partial charge in [-0.1, -0.05) is 30.3 Å². The number of urea groups is 1. The van der Waals surface area contributed by atoms with E-state index in [9.17, 15) is 13.2 Å². The SMILES string of the molecule is CN(C)[C@]1(c2ccccc2)CC[C@@]2(CC1)CN(CCS(C)(=O)=O)C(=O)N2CC1CC1. The summed E-state index contributed by atoms with van der Waals surface area (Å²) in [6, 6.07) is 10.8. The molecule has 3 fully saturated rings. The fraction of sp³-hybridized carbons (Fsp3) is 0.696. The van der Waals surface area contributed by atoms with Gasteiger partial charge in [0.1, 0.15) is 9.84 Å². The van der Waals surface area contributed by atoms with E-state index in [1.807, 2.05) is 0 Å². The van der Waals surface area contributed by atoms with Crippen LogP contribution in [-0.4, -0.2) is 80.4 Å². The number of hydrogen-bond donors (Lipinski definition) is 0. The number of rotatable bonds is 7. The summed E-state index contributed by atoms with van der Waals surface area (Å²) in [6.07, 6.45) is 7.56. The lowest BCUT2D eigenvalue weighted by atomic mass is 9.68. The van der Waals surface area contributed by atoms with Gasteiger partial charge in [-0.15, -0.1) is 0 Å². The van der Waals surface area contributed by atoms with Crippen molar-refractivity contribution in [3.05, 3.63) is 35.9 Å². The smallest absolute Gasteiger partial charge is 0.320 e. The molecule has 0 bridgehead atoms. The number of sulfone groups is 1. The zero-order chi connectivity index (χ0) is 21.6. The Morgan fingerprint density at radius 1 is 1.07 bits per heavy atom. The number of nitrogens with zero attached hydrogens (tertiary/aromatic N) is 3. The number of amides is 2. The van der Waals surface area contributed by atoms with Gasteiger partial charge in [-0.25, -0.2) is 13.2 Å². The van der Waals surface area contributed by atoms with Crippen LogP contribution in [0.5, 0.6) is 0 Å². The molecular formula is C23H35N3O3S. The first kappa shape index (κ1) is 21.6. The summed E-state index contributed by atoms with van der Waals surface area (Å²) in [4.78, 5) is 19.5. The Morgan fingerprint density at radius 3 is 2.23 bits per heavy atom. The molecule has 166 valence electrons. The Morgan fingerprint density at radius 2 is 1.70 bits per heavy atom. The average molecular weight is 434 g/mol. The molecule has 7 heteroatoms. The van der Waals surface area contributed by atoms with E-state index in [0.717, 1.165) is 32.2 Å². The topological polar surface area (TPSA) is 60.9 Å². The Kier molecular flexibility index (Phi) is 5.64. The van der Waals surface area contributed by atoms with Gasteiger partial charge in [0.05, 0.1) is 11.3 Å². The van der Waals surface area contributed by atoms with E-state index in [1.165, 1.54) is 24.7 Å². The predicted octanol–water partition coefficient (Wildman–Crippen LogP) is 2.95. The highest BCUT2D eigenvalue weighted by molar-refractivity contribution is 7.90. The average Bonchev–Trinajstić information content (AvgIpc) is 3.49. The quantitative estimate of drug-likeness (QED) is 0.663. The van der Waals surface area contributed by atoms with Crippen LogP contribution in [0, 0.1) is 5.92 Å². The molecule has 1 saturated heterocycles. The molecule has 6 nitrogen and oxygen atoms in total. The number of carbonyl (C=O) groups excluding carboxylic acids is 1. The molecule has 0 N–H and O–H groups in total. The van der Waals surface area contributed by atoms with Gasteiger partial charge in [0.2, 0.25) is 0 Å². The summed E-state index contributed by atoms with van der Waals surface area (Å²) in [5.74, 6) is 0.660. The lowest BCUT2D eigenvalue weighted by Crippen LogP contribution is -2.55. The van der Waals surface area contributed by atoms with E-state index < -0.39 is 9.84 Å². The van der Waals surface area contributed by atoms with Gasteiger partial charge in [0.15, 0.2) is 0 Å². The third-order valence-electron chi connectivity index (χ3n) is 7.60. The van der Waals surface area contributed by atoms with Crippen LogP contribution in [0.4, 0.5) is 4.79 Å². The third-order valence-corrected chi connectivity index (χ3v) is 8.53. The Balaban J connectivity index is 1.57. The van der Waals surface area contributed by atoms with Crippen molar-refractivity contribution in [2.45, 2.75) is 49.6 Å². The minimum absolute atomic E-state index is 0.0129. The van der Waals surface area contributed by atoms with Gasteiger partial charge in [0, 0.05) is 31.4 Å². The lowest BCUT2D eigenvalue weighted by Gasteiger charge is -2.51. The van der Waals surface area contributed by atoms with Crippen LogP contribution < -0.4 is 0 Å². The van der Waals surface area contributed by atoms with Gasteiger partial charge in [0.25, 0.3) is 0 Å². The second kappa shape index (κ2) is 7.83. The van der Waals surface area contributed by atoms with E-state index in [0.29, 0.717) is 19.0 Å². The van der Waals surface area contributed by atoms with Gasteiger partial charge in [-0.2, -0.15) is 0 Å². The zero-order valence-electron chi connectivity index (χ0n) is 18.5. The molecule has 1 spiro atoms. The molecule has 1 aromatic carbocycles. The summed E-state index contributed by atoms with van der Waals surface area (Å²) < 4.78 is 23.4. The molecule has 1 aliphatic heterocycles. The zero-order valence-corrected chi connectivity index (χ0v) is 19.3.